The first-order chi connectivity index (χ1) is 12.6. The van der Waals surface area contributed by atoms with Gasteiger partial charge in [0.15, 0.2) is 17.1 Å². The standard InChI is InChI=1S/C17H17N5O4/c1-21-16-12(7-20-21)17(24)22(9-19-16)8-15(23)18-5-4-11-2-3-13-14(6-11)26-10-25-13/h2-3,6-7,9H,4-5,8,10H2,1H3,(H,18,23). The van der Waals surface area contributed by atoms with Crippen LogP contribution in [0.1, 0.15) is 5.56 Å². The lowest BCUT2D eigenvalue weighted by atomic mass is 10.1. The molecule has 0 saturated heterocycles. The van der Waals surface area contributed by atoms with Crippen LogP contribution in [0, 0.1) is 0 Å². The number of hydrogen-bond donors (Lipinski definition) is 1. The van der Waals surface area contributed by atoms with Crippen molar-refractivity contribution in [1.82, 2.24) is 24.6 Å². The van der Waals surface area contributed by atoms with Crippen LogP contribution in [0.4, 0.5) is 0 Å². The average molecular weight is 355 g/mol. The van der Waals surface area contributed by atoms with Gasteiger partial charge in [0, 0.05) is 13.6 Å². The van der Waals surface area contributed by atoms with Gasteiger partial charge < -0.3 is 14.8 Å². The minimum atomic E-state index is -0.283. The highest BCUT2D eigenvalue weighted by atomic mass is 16.7. The number of aryl methyl sites for hydroxylation is 1. The van der Waals surface area contributed by atoms with Crippen molar-refractivity contribution >= 4 is 16.9 Å². The van der Waals surface area contributed by atoms with Crippen molar-refractivity contribution in [2.24, 2.45) is 7.05 Å². The van der Waals surface area contributed by atoms with Gasteiger partial charge in [-0.1, -0.05) is 6.07 Å². The Morgan fingerprint density at radius 2 is 2.15 bits per heavy atom. The predicted molar refractivity (Wildman–Crippen MR) is 92.0 cm³/mol. The quantitative estimate of drug-likeness (QED) is 0.703. The second kappa shape index (κ2) is 6.51. The lowest BCUT2D eigenvalue weighted by Crippen LogP contribution is -2.33. The summed E-state index contributed by atoms with van der Waals surface area (Å²) in [5.41, 5.74) is 1.24. The van der Waals surface area contributed by atoms with Crippen LogP contribution in [-0.4, -0.2) is 38.6 Å². The molecule has 26 heavy (non-hydrogen) atoms. The molecule has 1 aliphatic heterocycles. The average Bonchev–Trinajstić information content (AvgIpc) is 3.24. The maximum atomic E-state index is 12.3. The van der Waals surface area contributed by atoms with Gasteiger partial charge >= 0.3 is 0 Å². The Morgan fingerprint density at radius 1 is 1.31 bits per heavy atom. The van der Waals surface area contributed by atoms with E-state index in [1.54, 1.807) is 7.05 Å². The molecule has 0 saturated carbocycles. The molecule has 0 aliphatic carbocycles. The molecule has 134 valence electrons. The summed E-state index contributed by atoms with van der Waals surface area (Å²) in [5.74, 6) is 1.20. The maximum absolute atomic E-state index is 12.3. The molecule has 0 spiro atoms. The third-order valence-corrected chi connectivity index (χ3v) is 4.20. The lowest BCUT2D eigenvalue weighted by molar-refractivity contribution is -0.121. The molecule has 0 bridgehead atoms. The topological polar surface area (TPSA) is 100 Å². The minimum absolute atomic E-state index is 0.0855. The predicted octanol–water partition coefficient (Wildman–Crippen LogP) is 0.218. The van der Waals surface area contributed by atoms with Crippen LogP contribution in [0.5, 0.6) is 11.5 Å². The van der Waals surface area contributed by atoms with E-state index in [2.05, 4.69) is 15.4 Å². The molecule has 0 atom stereocenters. The summed E-state index contributed by atoms with van der Waals surface area (Å²) in [6, 6.07) is 5.69. The van der Waals surface area contributed by atoms with Gasteiger partial charge in [-0.2, -0.15) is 5.10 Å². The summed E-state index contributed by atoms with van der Waals surface area (Å²) < 4.78 is 13.4. The van der Waals surface area contributed by atoms with Crippen molar-refractivity contribution in [1.29, 1.82) is 0 Å². The van der Waals surface area contributed by atoms with Crippen molar-refractivity contribution in [3.63, 3.8) is 0 Å². The van der Waals surface area contributed by atoms with Crippen LogP contribution in [-0.2, 0) is 24.8 Å². The van der Waals surface area contributed by atoms with Crippen molar-refractivity contribution in [2.45, 2.75) is 13.0 Å². The van der Waals surface area contributed by atoms with Gasteiger partial charge in [0.25, 0.3) is 5.56 Å². The highest BCUT2D eigenvalue weighted by molar-refractivity contribution is 5.77. The SMILES string of the molecule is Cn1ncc2c(=O)n(CC(=O)NCCc3ccc4c(c3)OCO4)cnc21. The Morgan fingerprint density at radius 3 is 3.04 bits per heavy atom. The van der Waals surface area contributed by atoms with Crippen LogP contribution < -0.4 is 20.3 Å². The smallest absolute Gasteiger partial charge is 0.264 e. The molecule has 4 rings (SSSR count). The molecule has 9 nitrogen and oxygen atoms in total. The Balaban J connectivity index is 1.36. The molecular weight excluding hydrogens is 338 g/mol. The van der Waals surface area contributed by atoms with E-state index in [-0.39, 0.29) is 24.8 Å². The summed E-state index contributed by atoms with van der Waals surface area (Å²) in [6.07, 6.45) is 3.47. The number of fused-ring (bicyclic) bond motifs is 2. The molecule has 1 N–H and O–H groups in total. The van der Waals surface area contributed by atoms with E-state index < -0.39 is 0 Å². The Labute approximate surface area is 148 Å². The van der Waals surface area contributed by atoms with E-state index in [0.717, 1.165) is 17.1 Å². The van der Waals surface area contributed by atoms with Crippen molar-refractivity contribution in [3.05, 3.63) is 46.6 Å². The summed E-state index contributed by atoms with van der Waals surface area (Å²) in [7, 11) is 1.71. The largest absolute Gasteiger partial charge is 0.454 e. The van der Waals surface area contributed by atoms with E-state index >= 15 is 0 Å². The number of carbonyl (C=O) groups is 1. The number of amides is 1. The number of hydrogen-bond acceptors (Lipinski definition) is 6. The third kappa shape index (κ3) is 2.99. The number of ether oxygens (including phenoxy) is 2. The van der Waals surface area contributed by atoms with E-state index in [9.17, 15) is 9.59 Å². The minimum Gasteiger partial charge on any atom is -0.454 e. The number of aromatic nitrogens is 4. The zero-order chi connectivity index (χ0) is 18.1. The molecule has 1 aliphatic rings. The van der Waals surface area contributed by atoms with Crippen LogP contribution in [0.25, 0.3) is 11.0 Å². The number of carbonyl (C=O) groups excluding carboxylic acids is 1. The van der Waals surface area contributed by atoms with Gasteiger partial charge in [-0.25, -0.2) is 4.98 Å². The second-order valence-electron chi connectivity index (χ2n) is 5.97. The van der Waals surface area contributed by atoms with Gasteiger partial charge in [-0.05, 0) is 24.1 Å². The molecule has 3 heterocycles. The fourth-order valence-corrected chi connectivity index (χ4v) is 2.83. The molecule has 0 radical (unpaired) electrons. The van der Waals surface area contributed by atoms with Crippen LogP contribution in [0.15, 0.2) is 35.5 Å². The monoisotopic (exact) mass is 355 g/mol. The van der Waals surface area contributed by atoms with E-state index in [1.807, 2.05) is 18.2 Å². The van der Waals surface area contributed by atoms with Crippen molar-refractivity contribution in [3.8, 4) is 11.5 Å². The zero-order valence-electron chi connectivity index (χ0n) is 14.1. The highest BCUT2D eigenvalue weighted by Crippen LogP contribution is 2.32. The van der Waals surface area contributed by atoms with Gasteiger partial charge in [0.05, 0.1) is 6.20 Å². The molecule has 0 fully saturated rings. The molecule has 0 unspecified atom stereocenters. The first-order valence-electron chi connectivity index (χ1n) is 8.14. The molecular formula is C17H17N5O4. The second-order valence-corrected chi connectivity index (χ2v) is 5.97. The molecule has 3 aromatic rings. The van der Waals surface area contributed by atoms with E-state index in [0.29, 0.717) is 24.0 Å². The van der Waals surface area contributed by atoms with Gasteiger partial charge in [0.1, 0.15) is 18.3 Å². The summed E-state index contributed by atoms with van der Waals surface area (Å²) in [4.78, 5) is 28.6. The molecule has 1 aromatic carbocycles. The fourth-order valence-electron chi connectivity index (χ4n) is 2.83. The molecule has 1 amide bonds. The van der Waals surface area contributed by atoms with Gasteiger partial charge in [-0.15, -0.1) is 0 Å². The summed E-state index contributed by atoms with van der Waals surface area (Å²) in [6.45, 7) is 0.604. The summed E-state index contributed by atoms with van der Waals surface area (Å²) in [5, 5.41) is 7.21. The molecule has 2 aromatic heterocycles. The Bertz CT molecular complexity index is 1040. The van der Waals surface area contributed by atoms with Gasteiger partial charge in [-0.3, -0.25) is 18.8 Å². The number of benzene rings is 1. The zero-order valence-corrected chi connectivity index (χ0v) is 14.1. The summed E-state index contributed by atoms with van der Waals surface area (Å²) >= 11 is 0. The van der Waals surface area contributed by atoms with E-state index in [4.69, 9.17) is 9.47 Å². The lowest BCUT2D eigenvalue weighted by Gasteiger charge is -2.08. The highest BCUT2D eigenvalue weighted by Gasteiger charge is 2.13. The molecule has 9 heteroatoms. The first kappa shape index (κ1) is 16.1. The number of nitrogens with one attached hydrogen (secondary N) is 1. The van der Waals surface area contributed by atoms with Crippen LogP contribution in [0.2, 0.25) is 0 Å². The fraction of sp³-hybridized carbons (Fsp3) is 0.294. The normalized spacial score (nSPS) is 12.5. The van der Waals surface area contributed by atoms with Crippen LogP contribution >= 0.6 is 0 Å². The van der Waals surface area contributed by atoms with Crippen molar-refractivity contribution < 1.29 is 14.3 Å². The first-order valence-corrected chi connectivity index (χ1v) is 8.14. The van der Waals surface area contributed by atoms with Crippen molar-refractivity contribution in [2.75, 3.05) is 13.3 Å². The third-order valence-electron chi connectivity index (χ3n) is 4.20. The van der Waals surface area contributed by atoms with Crippen LogP contribution in [0.3, 0.4) is 0 Å². The van der Waals surface area contributed by atoms with Gasteiger partial charge in [0.2, 0.25) is 12.7 Å². The van der Waals surface area contributed by atoms with E-state index in [1.165, 1.54) is 21.8 Å². The Kier molecular flexibility index (Phi) is 4.04. The number of rotatable bonds is 5. The Hall–Kier alpha value is -3.36. The number of nitrogens with zero attached hydrogens (tertiary/aromatic N) is 4. The maximum Gasteiger partial charge on any atom is 0.264 e.